The van der Waals surface area contributed by atoms with Gasteiger partial charge in [-0.3, -0.25) is 4.79 Å². The molecule has 0 bridgehead atoms. The zero-order valence-corrected chi connectivity index (χ0v) is 11.5. The van der Waals surface area contributed by atoms with Crippen LogP contribution >= 0.6 is 0 Å². The minimum absolute atomic E-state index is 0.0380. The Morgan fingerprint density at radius 3 is 2.80 bits per heavy atom. The maximum absolute atomic E-state index is 12.2. The van der Waals surface area contributed by atoms with E-state index in [9.17, 15) is 4.79 Å². The van der Waals surface area contributed by atoms with Crippen LogP contribution in [0.4, 0.5) is 0 Å². The minimum Gasteiger partial charge on any atom is -0.472 e. The predicted molar refractivity (Wildman–Crippen MR) is 77.4 cm³/mol. The highest BCUT2D eigenvalue weighted by Crippen LogP contribution is 2.19. The van der Waals surface area contributed by atoms with Crippen LogP contribution in [-0.4, -0.2) is 22.4 Å². The lowest BCUT2D eigenvalue weighted by atomic mass is 10.2. The number of hydrogen-bond acceptors (Lipinski definition) is 2. The van der Waals surface area contributed by atoms with E-state index in [4.69, 9.17) is 4.42 Å². The molecule has 1 aromatic carbocycles. The van der Waals surface area contributed by atoms with Crippen molar-refractivity contribution in [3.05, 3.63) is 60.2 Å². The number of furan rings is 1. The number of para-hydroxylation sites is 1. The van der Waals surface area contributed by atoms with Crippen LogP contribution in [0.3, 0.4) is 0 Å². The molecule has 0 aliphatic carbocycles. The van der Waals surface area contributed by atoms with Crippen LogP contribution in [0.1, 0.15) is 16.1 Å². The van der Waals surface area contributed by atoms with Crippen LogP contribution in [-0.2, 0) is 13.6 Å². The van der Waals surface area contributed by atoms with Crippen molar-refractivity contribution < 1.29 is 9.21 Å². The molecular formula is C16H16N2O2. The van der Waals surface area contributed by atoms with E-state index in [1.54, 1.807) is 18.0 Å². The molecule has 0 fully saturated rings. The summed E-state index contributed by atoms with van der Waals surface area (Å²) in [4.78, 5) is 13.9. The number of hydrogen-bond donors (Lipinski definition) is 0. The number of nitrogens with zero attached hydrogens (tertiary/aromatic N) is 2. The molecule has 4 heteroatoms. The third kappa shape index (κ3) is 2.09. The summed E-state index contributed by atoms with van der Waals surface area (Å²) in [7, 11) is 3.82. The largest absolute Gasteiger partial charge is 0.472 e. The standard InChI is InChI=1S/C16H16N2O2/c1-17(16(19)13-7-8-20-11-13)10-14-9-12-5-3-4-6-15(12)18(14)2/h3-9,11H,10H2,1-2H3. The van der Waals surface area contributed by atoms with Crippen LogP contribution in [0, 0.1) is 0 Å². The van der Waals surface area contributed by atoms with Gasteiger partial charge < -0.3 is 13.9 Å². The molecule has 3 aromatic rings. The van der Waals surface area contributed by atoms with E-state index in [-0.39, 0.29) is 5.91 Å². The van der Waals surface area contributed by atoms with E-state index in [0.29, 0.717) is 12.1 Å². The summed E-state index contributed by atoms with van der Waals surface area (Å²) in [6.07, 6.45) is 2.98. The normalized spacial score (nSPS) is 10.9. The third-order valence-corrected chi connectivity index (χ3v) is 3.57. The summed E-state index contributed by atoms with van der Waals surface area (Å²) in [5.74, 6) is -0.0380. The lowest BCUT2D eigenvalue weighted by molar-refractivity contribution is 0.0782. The second kappa shape index (κ2) is 4.89. The van der Waals surface area contributed by atoms with Crippen LogP contribution in [0.2, 0.25) is 0 Å². The predicted octanol–water partition coefficient (Wildman–Crippen LogP) is 3.04. The van der Waals surface area contributed by atoms with Gasteiger partial charge >= 0.3 is 0 Å². The van der Waals surface area contributed by atoms with Gasteiger partial charge in [0.05, 0.1) is 18.4 Å². The molecule has 0 radical (unpaired) electrons. The Balaban J connectivity index is 1.86. The Morgan fingerprint density at radius 1 is 1.30 bits per heavy atom. The Hall–Kier alpha value is -2.49. The molecule has 1 amide bonds. The fourth-order valence-electron chi connectivity index (χ4n) is 2.42. The Bertz CT molecular complexity index is 741. The fourth-order valence-corrected chi connectivity index (χ4v) is 2.42. The molecule has 3 rings (SSSR count). The zero-order chi connectivity index (χ0) is 14.1. The van der Waals surface area contributed by atoms with Gasteiger partial charge in [0.25, 0.3) is 5.91 Å². The number of aromatic nitrogens is 1. The van der Waals surface area contributed by atoms with E-state index >= 15 is 0 Å². The van der Waals surface area contributed by atoms with Gasteiger partial charge in [0, 0.05) is 25.3 Å². The van der Waals surface area contributed by atoms with Crippen molar-refractivity contribution in [1.82, 2.24) is 9.47 Å². The number of carbonyl (C=O) groups excluding carboxylic acids is 1. The van der Waals surface area contributed by atoms with Gasteiger partial charge in [-0.05, 0) is 23.6 Å². The minimum atomic E-state index is -0.0380. The smallest absolute Gasteiger partial charge is 0.257 e. The molecule has 0 aliphatic rings. The molecule has 20 heavy (non-hydrogen) atoms. The summed E-state index contributed by atoms with van der Waals surface area (Å²) < 4.78 is 7.07. The number of carbonyl (C=O) groups is 1. The first-order valence-corrected chi connectivity index (χ1v) is 6.48. The maximum atomic E-state index is 12.2. The second-order valence-corrected chi connectivity index (χ2v) is 4.93. The Labute approximate surface area is 117 Å². The summed E-state index contributed by atoms with van der Waals surface area (Å²) in [5.41, 5.74) is 2.85. The lowest BCUT2D eigenvalue weighted by Gasteiger charge is -2.16. The molecule has 0 atom stereocenters. The molecule has 102 valence electrons. The average molecular weight is 268 g/mol. The summed E-state index contributed by atoms with van der Waals surface area (Å²) in [5, 5.41) is 1.19. The highest BCUT2D eigenvalue weighted by atomic mass is 16.3. The van der Waals surface area contributed by atoms with Crippen LogP contribution in [0.15, 0.2) is 53.3 Å². The maximum Gasteiger partial charge on any atom is 0.257 e. The third-order valence-electron chi connectivity index (χ3n) is 3.57. The monoisotopic (exact) mass is 268 g/mol. The van der Waals surface area contributed by atoms with Gasteiger partial charge in [-0.1, -0.05) is 18.2 Å². The first-order chi connectivity index (χ1) is 9.66. The van der Waals surface area contributed by atoms with Crippen molar-refractivity contribution in [2.75, 3.05) is 7.05 Å². The van der Waals surface area contributed by atoms with E-state index < -0.39 is 0 Å². The highest BCUT2D eigenvalue weighted by Gasteiger charge is 2.15. The molecule has 2 aromatic heterocycles. The summed E-state index contributed by atoms with van der Waals surface area (Å²) in [6, 6.07) is 12.0. The highest BCUT2D eigenvalue weighted by molar-refractivity contribution is 5.93. The van der Waals surface area contributed by atoms with Crippen molar-refractivity contribution in [3.8, 4) is 0 Å². The molecule has 0 saturated heterocycles. The van der Waals surface area contributed by atoms with Gasteiger partial charge in [0.2, 0.25) is 0 Å². The van der Waals surface area contributed by atoms with E-state index in [1.165, 1.54) is 23.4 Å². The van der Waals surface area contributed by atoms with Gasteiger partial charge in [0.1, 0.15) is 6.26 Å². The average Bonchev–Trinajstić information content (AvgIpc) is 3.08. The van der Waals surface area contributed by atoms with E-state index in [2.05, 4.69) is 22.8 Å². The number of benzene rings is 1. The summed E-state index contributed by atoms with van der Waals surface area (Å²) in [6.45, 7) is 0.565. The molecule has 0 N–H and O–H groups in total. The van der Waals surface area contributed by atoms with Crippen LogP contribution in [0.5, 0.6) is 0 Å². The summed E-state index contributed by atoms with van der Waals surface area (Å²) >= 11 is 0. The number of aryl methyl sites for hydroxylation is 1. The quantitative estimate of drug-likeness (QED) is 0.732. The second-order valence-electron chi connectivity index (χ2n) is 4.93. The van der Waals surface area contributed by atoms with Crippen molar-refractivity contribution in [1.29, 1.82) is 0 Å². The molecule has 0 unspecified atom stereocenters. The first-order valence-electron chi connectivity index (χ1n) is 6.48. The molecule has 0 spiro atoms. The van der Waals surface area contributed by atoms with Crippen molar-refractivity contribution in [2.24, 2.45) is 7.05 Å². The van der Waals surface area contributed by atoms with E-state index in [1.807, 2.05) is 19.2 Å². The topological polar surface area (TPSA) is 38.4 Å². The van der Waals surface area contributed by atoms with Crippen molar-refractivity contribution in [2.45, 2.75) is 6.54 Å². The molecule has 2 heterocycles. The first kappa shape index (κ1) is 12.5. The van der Waals surface area contributed by atoms with Crippen molar-refractivity contribution in [3.63, 3.8) is 0 Å². The molecule has 4 nitrogen and oxygen atoms in total. The molecule has 0 aliphatic heterocycles. The van der Waals surface area contributed by atoms with Crippen molar-refractivity contribution >= 4 is 16.8 Å². The Morgan fingerprint density at radius 2 is 2.10 bits per heavy atom. The SMILES string of the molecule is CN(Cc1cc2ccccc2n1C)C(=O)c1ccoc1. The molecular weight excluding hydrogens is 252 g/mol. The number of fused-ring (bicyclic) bond motifs is 1. The zero-order valence-electron chi connectivity index (χ0n) is 11.5. The molecule has 0 saturated carbocycles. The van der Waals surface area contributed by atoms with E-state index in [0.717, 1.165) is 5.69 Å². The van der Waals surface area contributed by atoms with Gasteiger partial charge in [0.15, 0.2) is 0 Å². The van der Waals surface area contributed by atoms with Gasteiger partial charge in [-0.15, -0.1) is 0 Å². The van der Waals surface area contributed by atoms with Crippen LogP contribution < -0.4 is 0 Å². The lowest BCUT2D eigenvalue weighted by Crippen LogP contribution is -2.26. The number of amides is 1. The fraction of sp³-hybridized carbons (Fsp3) is 0.188. The van der Waals surface area contributed by atoms with Gasteiger partial charge in [-0.2, -0.15) is 0 Å². The number of rotatable bonds is 3. The Kier molecular flexibility index (Phi) is 3.06. The van der Waals surface area contributed by atoms with Gasteiger partial charge in [-0.25, -0.2) is 0 Å². The van der Waals surface area contributed by atoms with Crippen LogP contribution in [0.25, 0.3) is 10.9 Å².